The lowest BCUT2D eigenvalue weighted by Crippen LogP contribution is -2.30. The standard InChI is InChI=1S/C20H30O4/c1-2-3-4-5-9-14-17(19(21)22)18(20(23)24)15-10-13-16-11-7-6-8-12-16/h6-8,11-12,17-18H,2-5,9-10,13-15H2,1H3,(H,21,22)(H,23,24)/t17-,18?/m1/s1. The number of hydrogen-bond donors (Lipinski definition) is 2. The number of carbonyl (C=O) groups is 2. The number of hydrogen-bond acceptors (Lipinski definition) is 2. The Kier molecular flexibility index (Phi) is 9.81. The fourth-order valence-electron chi connectivity index (χ4n) is 3.13. The first-order chi connectivity index (χ1) is 11.6. The minimum atomic E-state index is -0.982. The number of aliphatic carboxylic acids is 2. The maximum atomic E-state index is 11.6. The van der Waals surface area contributed by atoms with Gasteiger partial charge in [-0.1, -0.05) is 69.4 Å². The zero-order valence-corrected chi connectivity index (χ0v) is 14.6. The Hall–Kier alpha value is -1.84. The van der Waals surface area contributed by atoms with Gasteiger partial charge in [0.05, 0.1) is 11.8 Å². The smallest absolute Gasteiger partial charge is 0.307 e. The van der Waals surface area contributed by atoms with Crippen LogP contribution in [0.3, 0.4) is 0 Å². The van der Waals surface area contributed by atoms with Crippen molar-refractivity contribution in [1.82, 2.24) is 0 Å². The van der Waals surface area contributed by atoms with Crippen molar-refractivity contribution >= 4 is 11.9 Å². The van der Waals surface area contributed by atoms with Crippen molar-refractivity contribution in [1.29, 1.82) is 0 Å². The Morgan fingerprint density at radius 3 is 1.92 bits per heavy atom. The first kappa shape index (κ1) is 20.2. The molecule has 0 fully saturated rings. The van der Waals surface area contributed by atoms with Crippen molar-refractivity contribution in [3.05, 3.63) is 35.9 Å². The van der Waals surface area contributed by atoms with Crippen LogP contribution in [0.1, 0.15) is 63.9 Å². The number of carboxylic acid groups (broad SMARTS) is 2. The van der Waals surface area contributed by atoms with Gasteiger partial charge in [0.25, 0.3) is 0 Å². The van der Waals surface area contributed by atoms with Crippen LogP contribution in [0.15, 0.2) is 30.3 Å². The number of rotatable bonds is 13. The van der Waals surface area contributed by atoms with Crippen LogP contribution in [-0.2, 0) is 16.0 Å². The van der Waals surface area contributed by atoms with E-state index in [4.69, 9.17) is 0 Å². The molecule has 0 heterocycles. The van der Waals surface area contributed by atoms with Crippen molar-refractivity contribution in [3.8, 4) is 0 Å². The number of aryl methyl sites for hydroxylation is 1. The molecule has 1 unspecified atom stereocenters. The van der Waals surface area contributed by atoms with Gasteiger partial charge >= 0.3 is 11.9 Å². The van der Waals surface area contributed by atoms with Crippen LogP contribution < -0.4 is 0 Å². The highest BCUT2D eigenvalue weighted by Crippen LogP contribution is 2.25. The number of unbranched alkanes of at least 4 members (excludes halogenated alkanes) is 4. The summed E-state index contributed by atoms with van der Waals surface area (Å²) >= 11 is 0. The lowest BCUT2D eigenvalue weighted by atomic mass is 9.84. The largest absolute Gasteiger partial charge is 0.481 e. The molecule has 4 nitrogen and oxygen atoms in total. The Morgan fingerprint density at radius 1 is 0.833 bits per heavy atom. The third-order valence-electron chi connectivity index (χ3n) is 4.56. The molecule has 0 saturated carbocycles. The second-order valence-electron chi connectivity index (χ2n) is 6.47. The maximum absolute atomic E-state index is 11.6. The molecule has 2 N–H and O–H groups in total. The molecule has 0 aromatic heterocycles. The second kappa shape index (κ2) is 11.7. The molecule has 1 aromatic rings. The molecule has 4 heteroatoms. The summed E-state index contributed by atoms with van der Waals surface area (Å²) in [5.41, 5.74) is 1.16. The summed E-state index contributed by atoms with van der Waals surface area (Å²) in [7, 11) is 0. The highest BCUT2D eigenvalue weighted by molar-refractivity contribution is 5.79. The molecule has 0 saturated heterocycles. The third kappa shape index (κ3) is 7.62. The molecule has 0 aliphatic rings. The molecule has 1 rings (SSSR count). The Balaban J connectivity index is 2.51. The summed E-state index contributed by atoms with van der Waals surface area (Å²) in [4.78, 5) is 23.1. The first-order valence-electron chi connectivity index (χ1n) is 9.05. The second-order valence-corrected chi connectivity index (χ2v) is 6.47. The van der Waals surface area contributed by atoms with E-state index in [2.05, 4.69) is 6.92 Å². The third-order valence-corrected chi connectivity index (χ3v) is 4.56. The van der Waals surface area contributed by atoms with Crippen LogP contribution in [0, 0.1) is 11.8 Å². The quantitative estimate of drug-likeness (QED) is 0.509. The van der Waals surface area contributed by atoms with E-state index in [1.807, 2.05) is 30.3 Å². The van der Waals surface area contributed by atoms with Gasteiger partial charge in [-0.2, -0.15) is 0 Å². The molecule has 0 amide bonds. The average molecular weight is 334 g/mol. The van der Waals surface area contributed by atoms with E-state index < -0.39 is 23.8 Å². The zero-order valence-electron chi connectivity index (χ0n) is 14.6. The van der Waals surface area contributed by atoms with Gasteiger partial charge in [0.2, 0.25) is 0 Å². The summed E-state index contributed by atoms with van der Waals surface area (Å²) in [6.45, 7) is 2.13. The number of carboxylic acids is 2. The molecule has 0 spiro atoms. The predicted molar refractivity (Wildman–Crippen MR) is 95.0 cm³/mol. The lowest BCUT2D eigenvalue weighted by Gasteiger charge is -2.20. The molecule has 0 bridgehead atoms. The van der Waals surface area contributed by atoms with E-state index >= 15 is 0 Å². The topological polar surface area (TPSA) is 74.6 Å². The van der Waals surface area contributed by atoms with E-state index in [-0.39, 0.29) is 0 Å². The molecule has 24 heavy (non-hydrogen) atoms. The molecule has 0 aliphatic heterocycles. The van der Waals surface area contributed by atoms with Crippen LogP contribution in [-0.4, -0.2) is 22.2 Å². The van der Waals surface area contributed by atoms with Crippen LogP contribution in [0.2, 0.25) is 0 Å². The molecular formula is C20H30O4. The van der Waals surface area contributed by atoms with Crippen molar-refractivity contribution < 1.29 is 19.8 Å². The van der Waals surface area contributed by atoms with Crippen molar-refractivity contribution in [2.24, 2.45) is 11.8 Å². The van der Waals surface area contributed by atoms with Gasteiger partial charge in [-0.15, -0.1) is 0 Å². The minimum Gasteiger partial charge on any atom is -0.481 e. The molecule has 134 valence electrons. The van der Waals surface area contributed by atoms with E-state index in [9.17, 15) is 19.8 Å². The maximum Gasteiger partial charge on any atom is 0.307 e. The normalized spacial score (nSPS) is 13.4. The predicted octanol–water partition coefficient (Wildman–Crippen LogP) is 4.77. The van der Waals surface area contributed by atoms with E-state index in [1.165, 1.54) is 0 Å². The Bertz CT molecular complexity index is 484. The van der Waals surface area contributed by atoms with Gasteiger partial charge < -0.3 is 10.2 Å². The Morgan fingerprint density at radius 2 is 1.38 bits per heavy atom. The monoisotopic (exact) mass is 334 g/mol. The number of benzene rings is 1. The van der Waals surface area contributed by atoms with Gasteiger partial charge in [-0.3, -0.25) is 9.59 Å². The van der Waals surface area contributed by atoms with Gasteiger partial charge in [0.15, 0.2) is 0 Å². The Labute approximate surface area is 144 Å². The van der Waals surface area contributed by atoms with Gasteiger partial charge in [-0.25, -0.2) is 0 Å². The van der Waals surface area contributed by atoms with E-state index in [0.717, 1.165) is 44.1 Å². The van der Waals surface area contributed by atoms with Crippen molar-refractivity contribution in [2.75, 3.05) is 0 Å². The fourth-order valence-corrected chi connectivity index (χ4v) is 3.13. The van der Waals surface area contributed by atoms with Crippen LogP contribution >= 0.6 is 0 Å². The summed E-state index contributed by atoms with van der Waals surface area (Å²) < 4.78 is 0. The molecule has 0 aliphatic carbocycles. The first-order valence-corrected chi connectivity index (χ1v) is 9.05. The lowest BCUT2D eigenvalue weighted by molar-refractivity contribution is -0.154. The molecular weight excluding hydrogens is 304 g/mol. The summed E-state index contributed by atoms with van der Waals surface area (Å²) in [5, 5.41) is 18.9. The van der Waals surface area contributed by atoms with Crippen molar-refractivity contribution in [3.63, 3.8) is 0 Å². The summed E-state index contributed by atoms with van der Waals surface area (Å²) in [6.07, 6.45) is 7.50. The van der Waals surface area contributed by atoms with E-state index in [1.54, 1.807) is 0 Å². The SMILES string of the molecule is CCCCCCC[C@@H](C(=O)O)C(CCCc1ccccc1)C(=O)O. The van der Waals surface area contributed by atoms with Gasteiger partial charge in [0, 0.05) is 0 Å². The van der Waals surface area contributed by atoms with Crippen LogP contribution in [0.25, 0.3) is 0 Å². The average Bonchev–Trinajstić information content (AvgIpc) is 2.56. The van der Waals surface area contributed by atoms with Gasteiger partial charge in [0.1, 0.15) is 0 Å². The van der Waals surface area contributed by atoms with Crippen LogP contribution in [0.4, 0.5) is 0 Å². The van der Waals surface area contributed by atoms with Gasteiger partial charge in [-0.05, 0) is 31.2 Å². The molecule has 0 radical (unpaired) electrons. The molecule has 2 atom stereocenters. The summed E-state index contributed by atoms with van der Waals surface area (Å²) in [5.74, 6) is -3.53. The van der Waals surface area contributed by atoms with Crippen LogP contribution in [0.5, 0.6) is 0 Å². The van der Waals surface area contributed by atoms with E-state index in [0.29, 0.717) is 19.3 Å². The molecule has 1 aromatic carbocycles. The minimum absolute atomic E-state index is 0.413. The zero-order chi connectivity index (χ0) is 17.8. The van der Waals surface area contributed by atoms with Crippen molar-refractivity contribution in [2.45, 2.75) is 64.7 Å². The summed E-state index contributed by atoms with van der Waals surface area (Å²) in [6, 6.07) is 9.89. The fraction of sp³-hybridized carbons (Fsp3) is 0.600. The highest BCUT2D eigenvalue weighted by atomic mass is 16.4. The highest BCUT2D eigenvalue weighted by Gasteiger charge is 2.32.